The van der Waals surface area contributed by atoms with E-state index in [0.29, 0.717) is 5.56 Å². The van der Waals surface area contributed by atoms with Crippen LogP contribution in [0, 0.1) is 35.3 Å². The van der Waals surface area contributed by atoms with Gasteiger partial charge in [-0.05, 0) is 86.2 Å². The molecule has 0 spiro atoms. The van der Waals surface area contributed by atoms with E-state index in [-0.39, 0.29) is 11.7 Å². The quantitative estimate of drug-likeness (QED) is 0.422. The number of methoxy groups -OCH3 is 1. The minimum absolute atomic E-state index is 0.00169. The first kappa shape index (κ1) is 22.6. The molecule has 3 rings (SSSR count). The summed E-state index contributed by atoms with van der Waals surface area (Å²) in [6.07, 6.45) is 15.4. The van der Waals surface area contributed by atoms with E-state index < -0.39 is 11.6 Å². The second-order valence-electron chi connectivity index (χ2n) is 9.84. The lowest BCUT2D eigenvalue weighted by Crippen LogP contribution is -2.23. The normalized spacial score (nSPS) is 28.9. The zero-order valence-electron chi connectivity index (χ0n) is 18.7. The van der Waals surface area contributed by atoms with Crippen molar-refractivity contribution in [1.29, 1.82) is 0 Å². The van der Waals surface area contributed by atoms with Gasteiger partial charge in [-0.25, -0.2) is 4.39 Å². The SMILES string of the molecule is CCCCC1CCC(C(C)CC2CCC(c3ccc(OC)c(F)c3F)CC2)CC1. The summed E-state index contributed by atoms with van der Waals surface area (Å²) in [6.45, 7) is 4.75. The minimum atomic E-state index is -0.838. The molecule has 0 radical (unpaired) electrons. The minimum Gasteiger partial charge on any atom is -0.494 e. The van der Waals surface area contributed by atoms with Crippen molar-refractivity contribution in [2.45, 2.75) is 96.8 Å². The number of halogens is 2. The van der Waals surface area contributed by atoms with Gasteiger partial charge in [0.05, 0.1) is 7.11 Å². The van der Waals surface area contributed by atoms with Gasteiger partial charge in [0.25, 0.3) is 0 Å². The van der Waals surface area contributed by atoms with Crippen molar-refractivity contribution in [2.75, 3.05) is 7.11 Å². The lowest BCUT2D eigenvalue weighted by molar-refractivity contribution is 0.168. The van der Waals surface area contributed by atoms with E-state index in [4.69, 9.17) is 4.74 Å². The molecular weight excluding hydrogens is 366 g/mol. The van der Waals surface area contributed by atoms with E-state index in [0.717, 1.165) is 49.4 Å². The van der Waals surface area contributed by atoms with Crippen LogP contribution in [0.2, 0.25) is 0 Å². The lowest BCUT2D eigenvalue weighted by atomic mass is 9.70. The van der Waals surface area contributed by atoms with Gasteiger partial charge >= 0.3 is 0 Å². The topological polar surface area (TPSA) is 9.23 Å². The van der Waals surface area contributed by atoms with Crippen LogP contribution in [0.3, 0.4) is 0 Å². The Hall–Kier alpha value is -1.12. The molecular formula is C26H40F2O. The Morgan fingerprint density at radius 2 is 1.59 bits per heavy atom. The van der Waals surface area contributed by atoms with Crippen molar-refractivity contribution in [1.82, 2.24) is 0 Å². The average Bonchev–Trinajstić information content (AvgIpc) is 2.75. The molecule has 1 atom stereocenters. The van der Waals surface area contributed by atoms with Crippen LogP contribution in [0.4, 0.5) is 8.78 Å². The van der Waals surface area contributed by atoms with Gasteiger partial charge < -0.3 is 4.74 Å². The van der Waals surface area contributed by atoms with E-state index in [2.05, 4.69) is 13.8 Å². The summed E-state index contributed by atoms with van der Waals surface area (Å²) < 4.78 is 33.4. The van der Waals surface area contributed by atoms with Crippen LogP contribution in [-0.4, -0.2) is 7.11 Å². The maximum atomic E-state index is 14.4. The second-order valence-corrected chi connectivity index (χ2v) is 9.84. The number of benzene rings is 1. The molecule has 0 aromatic heterocycles. The molecule has 29 heavy (non-hydrogen) atoms. The largest absolute Gasteiger partial charge is 0.494 e. The first-order valence-electron chi connectivity index (χ1n) is 12.0. The fourth-order valence-corrected chi connectivity index (χ4v) is 5.99. The van der Waals surface area contributed by atoms with Gasteiger partial charge in [0.15, 0.2) is 11.6 Å². The number of hydrogen-bond acceptors (Lipinski definition) is 1. The van der Waals surface area contributed by atoms with Gasteiger partial charge in [0.2, 0.25) is 5.82 Å². The molecule has 2 fully saturated rings. The molecule has 0 amide bonds. The summed E-state index contributed by atoms with van der Waals surface area (Å²) in [7, 11) is 1.38. The third-order valence-corrected chi connectivity index (χ3v) is 7.95. The molecule has 1 aromatic rings. The molecule has 2 aliphatic carbocycles. The van der Waals surface area contributed by atoms with Crippen LogP contribution >= 0.6 is 0 Å². The van der Waals surface area contributed by atoms with E-state index in [9.17, 15) is 8.78 Å². The van der Waals surface area contributed by atoms with Gasteiger partial charge in [0.1, 0.15) is 0 Å². The molecule has 3 heteroatoms. The van der Waals surface area contributed by atoms with Crippen molar-refractivity contribution in [3.05, 3.63) is 29.3 Å². The van der Waals surface area contributed by atoms with Gasteiger partial charge in [-0.3, -0.25) is 0 Å². The van der Waals surface area contributed by atoms with Gasteiger partial charge in [-0.1, -0.05) is 52.0 Å². The average molecular weight is 407 g/mol. The molecule has 0 saturated heterocycles. The van der Waals surface area contributed by atoms with E-state index >= 15 is 0 Å². The third kappa shape index (κ3) is 5.73. The lowest BCUT2D eigenvalue weighted by Gasteiger charge is -2.36. The van der Waals surface area contributed by atoms with Crippen LogP contribution < -0.4 is 4.74 Å². The Kier molecular flexibility index (Phi) is 8.38. The number of hydrogen-bond donors (Lipinski definition) is 0. The predicted molar refractivity (Wildman–Crippen MR) is 116 cm³/mol. The zero-order valence-corrected chi connectivity index (χ0v) is 18.7. The Bertz CT molecular complexity index is 628. The highest BCUT2D eigenvalue weighted by Gasteiger charge is 2.30. The number of unbranched alkanes of at least 4 members (excludes halogenated alkanes) is 1. The maximum Gasteiger partial charge on any atom is 0.200 e. The smallest absolute Gasteiger partial charge is 0.200 e. The molecule has 1 aromatic carbocycles. The molecule has 2 saturated carbocycles. The molecule has 1 nitrogen and oxygen atoms in total. The van der Waals surface area contributed by atoms with E-state index in [1.165, 1.54) is 58.5 Å². The standard InChI is InChI=1S/C26H40F2O/c1-4-5-6-19-7-11-21(12-8-19)18(2)17-20-9-13-22(14-10-20)23-15-16-24(29-3)26(28)25(23)27/h15-16,18-22H,4-14,17H2,1-3H3. The first-order valence-corrected chi connectivity index (χ1v) is 12.0. The Morgan fingerprint density at radius 1 is 0.931 bits per heavy atom. The van der Waals surface area contributed by atoms with Crippen molar-refractivity contribution in [2.24, 2.45) is 23.7 Å². The molecule has 164 valence electrons. The van der Waals surface area contributed by atoms with Crippen LogP contribution in [0.25, 0.3) is 0 Å². The van der Waals surface area contributed by atoms with Crippen LogP contribution in [0.15, 0.2) is 12.1 Å². The predicted octanol–water partition coefficient (Wildman–Crippen LogP) is 8.27. The monoisotopic (exact) mass is 406 g/mol. The molecule has 0 bridgehead atoms. The van der Waals surface area contributed by atoms with Crippen molar-refractivity contribution in [3.8, 4) is 5.75 Å². The van der Waals surface area contributed by atoms with Crippen LogP contribution in [-0.2, 0) is 0 Å². The van der Waals surface area contributed by atoms with E-state index in [1.54, 1.807) is 12.1 Å². The van der Waals surface area contributed by atoms with Crippen LogP contribution in [0.5, 0.6) is 5.75 Å². The summed E-state index contributed by atoms with van der Waals surface area (Å²) in [4.78, 5) is 0. The van der Waals surface area contributed by atoms with Crippen molar-refractivity contribution in [3.63, 3.8) is 0 Å². The Balaban J connectivity index is 1.45. The number of ether oxygens (including phenoxy) is 1. The van der Waals surface area contributed by atoms with Gasteiger partial charge in [0, 0.05) is 0 Å². The highest BCUT2D eigenvalue weighted by atomic mass is 19.2. The summed E-state index contributed by atoms with van der Waals surface area (Å²) in [5, 5.41) is 0. The second kappa shape index (κ2) is 10.8. The van der Waals surface area contributed by atoms with Crippen molar-refractivity contribution >= 4 is 0 Å². The Morgan fingerprint density at radius 3 is 2.21 bits per heavy atom. The van der Waals surface area contributed by atoms with Crippen LogP contribution in [0.1, 0.15) is 102 Å². The molecule has 0 N–H and O–H groups in total. The highest BCUT2D eigenvalue weighted by Crippen LogP contribution is 2.43. The summed E-state index contributed by atoms with van der Waals surface area (Å²) in [6, 6.07) is 3.29. The summed E-state index contributed by atoms with van der Waals surface area (Å²) >= 11 is 0. The maximum absolute atomic E-state index is 14.4. The molecule has 0 heterocycles. The first-order chi connectivity index (χ1) is 14.0. The molecule has 2 aliphatic rings. The zero-order chi connectivity index (χ0) is 20.8. The molecule has 1 unspecified atom stereocenters. The van der Waals surface area contributed by atoms with Crippen molar-refractivity contribution < 1.29 is 13.5 Å². The summed E-state index contributed by atoms with van der Waals surface area (Å²) in [5.41, 5.74) is 0.542. The third-order valence-electron chi connectivity index (χ3n) is 7.95. The van der Waals surface area contributed by atoms with Gasteiger partial charge in [-0.2, -0.15) is 4.39 Å². The fourth-order valence-electron chi connectivity index (χ4n) is 5.99. The fraction of sp³-hybridized carbons (Fsp3) is 0.769. The summed E-state index contributed by atoms with van der Waals surface area (Å²) in [5.74, 6) is 2.04. The molecule has 0 aliphatic heterocycles. The van der Waals surface area contributed by atoms with E-state index in [1.807, 2.05) is 0 Å². The number of rotatable bonds is 8. The highest BCUT2D eigenvalue weighted by molar-refractivity contribution is 5.33. The Labute approximate surface area is 176 Å². The van der Waals surface area contributed by atoms with Gasteiger partial charge in [-0.15, -0.1) is 0 Å².